The number of carbonyl (C=O) groups excluding carboxylic acids is 1. The Morgan fingerprint density at radius 3 is 2.70 bits per heavy atom. The molecule has 3 aromatic carbocycles. The van der Waals surface area contributed by atoms with Crippen LogP contribution in [0, 0.1) is 0 Å². The number of hydrogen-bond donors (Lipinski definition) is 1. The molecule has 0 radical (unpaired) electrons. The van der Waals surface area contributed by atoms with Gasteiger partial charge in [-0.2, -0.15) is 5.10 Å². The zero-order valence-electron chi connectivity index (χ0n) is 17.9. The summed E-state index contributed by atoms with van der Waals surface area (Å²) in [7, 11) is 0. The second-order valence-electron chi connectivity index (χ2n) is 7.07. The van der Waals surface area contributed by atoms with Gasteiger partial charge in [0.15, 0.2) is 0 Å². The predicted octanol–water partition coefficient (Wildman–Crippen LogP) is 4.50. The maximum Gasteiger partial charge on any atom is 0.323 e. The highest BCUT2D eigenvalue weighted by Crippen LogP contribution is 2.30. The molecule has 6 nitrogen and oxygen atoms in total. The van der Waals surface area contributed by atoms with Gasteiger partial charge in [0.05, 0.1) is 11.5 Å². The number of hydrazone groups is 1. The van der Waals surface area contributed by atoms with Crippen LogP contribution >= 0.6 is 34.9 Å². The number of amides is 1. The zero-order chi connectivity index (χ0) is 23.0. The van der Waals surface area contributed by atoms with Crippen molar-refractivity contribution in [3.63, 3.8) is 0 Å². The molecule has 0 aliphatic rings. The molecular formula is C24H22N4O2S3. The van der Waals surface area contributed by atoms with Crippen molar-refractivity contribution in [2.24, 2.45) is 5.10 Å². The Bertz CT molecular complexity index is 1270. The largest absolute Gasteiger partial charge is 0.872 e. The van der Waals surface area contributed by atoms with Gasteiger partial charge in [-0.1, -0.05) is 90.5 Å². The number of hydrogen-bond acceptors (Lipinski definition) is 7. The number of rotatable bonds is 9. The van der Waals surface area contributed by atoms with E-state index < -0.39 is 0 Å². The molecule has 0 bridgehead atoms. The average molecular weight is 495 g/mol. The first-order chi connectivity index (χ1) is 16.1. The van der Waals surface area contributed by atoms with Gasteiger partial charge < -0.3 is 5.11 Å². The van der Waals surface area contributed by atoms with Gasteiger partial charge in [0.25, 0.3) is 5.91 Å². The van der Waals surface area contributed by atoms with E-state index in [1.807, 2.05) is 6.92 Å². The van der Waals surface area contributed by atoms with E-state index >= 15 is 0 Å². The molecule has 0 saturated heterocycles. The molecular weight excluding hydrogens is 472 g/mol. The molecule has 0 aliphatic heterocycles. The van der Waals surface area contributed by atoms with Gasteiger partial charge in [-0.05, 0) is 51.4 Å². The average Bonchev–Trinajstić information content (AvgIpc) is 3.30. The second kappa shape index (κ2) is 11.3. The SMILES string of the molecule is CCC(=NNC(=O)CSc1n[nH+]c(SCc2cccc3ccccc23)s1)c1ccc([O-])cc1. The highest BCUT2D eigenvalue weighted by atomic mass is 32.2. The predicted molar refractivity (Wildman–Crippen MR) is 134 cm³/mol. The molecule has 0 aliphatic carbocycles. The molecule has 0 fully saturated rings. The summed E-state index contributed by atoms with van der Waals surface area (Å²) in [5.41, 5.74) is 5.43. The van der Waals surface area contributed by atoms with Crippen molar-refractivity contribution in [2.45, 2.75) is 27.8 Å². The summed E-state index contributed by atoms with van der Waals surface area (Å²) in [4.78, 5) is 12.2. The maximum absolute atomic E-state index is 12.2. The molecule has 168 valence electrons. The van der Waals surface area contributed by atoms with Crippen molar-refractivity contribution in [1.29, 1.82) is 0 Å². The lowest BCUT2D eigenvalue weighted by Crippen LogP contribution is -2.21. The van der Waals surface area contributed by atoms with Crippen molar-refractivity contribution in [3.05, 3.63) is 77.9 Å². The number of aromatic amines is 1. The van der Waals surface area contributed by atoms with Gasteiger partial charge >= 0.3 is 4.34 Å². The fourth-order valence-electron chi connectivity index (χ4n) is 3.19. The maximum atomic E-state index is 12.2. The first-order valence-corrected chi connectivity index (χ1v) is 13.1. The van der Waals surface area contributed by atoms with Gasteiger partial charge in [0, 0.05) is 10.9 Å². The lowest BCUT2D eigenvalue weighted by Gasteiger charge is -2.08. The van der Waals surface area contributed by atoms with Crippen LogP contribution in [0.25, 0.3) is 10.8 Å². The third-order valence-electron chi connectivity index (χ3n) is 4.82. The third-order valence-corrected chi connectivity index (χ3v) is 8.13. The van der Waals surface area contributed by atoms with E-state index in [-0.39, 0.29) is 17.4 Å². The summed E-state index contributed by atoms with van der Waals surface area (Å²) >= 11 is 4.61. The Morgan fingerprint density at radius 2 is 1.88 bits per heavy atom. The summed E-state index contributed by atoms with van der Waals surface area (Å²) < 4.78 is 1.80. The van der Waals surface area contributed by atoms with Crippen molar-refractivity contribution >= 4 is 57.3 Å². The van der Waals surface area contributed by atoms with E-state index in [9.17, 15) is 9.90 Å². The number of fused-ring (bicyclic) bond motifs is 1. The van der Waals surface area contributed by atoms with Crippen molar-refractivity contribution in [2.75, 3.05) is 5.75 Å². The van der Waals surface area contributed by atoms with Crippen LogP contribution in [-0.4, -0.2) is 22.5 Å². The molecule has 1 aromatic heterocycles. The first kappa shape index (κ1) is 23.3. The fourth-order valence-corrected chi connectivity index (χ4v) is 6.07. The number of nitrogens with zero attached hydrogens (tertiary/aromatic N) is 2. The molecule has 0 spiro atoms. The minimum atomic E-state index is -0.202. The smallest absolute Gasteiger partial charge is 0.323 e. The highest BCUT2D eigenvalue weighted by Gasteiger charge is 2.14. The fraction of sp³-hybridized carbons (Fsp3) is 0.167. The summed E-state index contributed by atoms with van der Waals surface area (Å²) in [5.74, 6) is 0.803. The molecule has 4 rings (SSSR count). The second-order valence-corrected chi connectivity index (χ2v) is 10.5. The molecule has 1 amide bonds. The van der Waals surface area contributed by atoms with Gasteiger partial charge in [-0.25, -0.2) is 5.43 Å². The molecule has 0 unspecified atom stereocenters. The monoisotopic (exact) mass is 494 g/mol. The van der Waals surface area contributed by atoms with Crippen molar-refractivity contribution in [1.82, 2.24) is 10.5 Å². The van der Waals surface area contributed by atoms with E-state index in [2.05, 4.69) is 63.2 Å². The van der Waals surface area contributed by atoms with Crippen LogP contribution in [0.2, 0.25) is 0 Å². The van der Waals surface area contributed by atoms with E-state index in [0.29, 0.717) is 6.42 Å². The zero-order valence-corrected chi connectivity index (χ0v) is 20.4. The summed E-state index contributed by atoms with van der Waals surface area (Å²) in [6.45, 7) is 1.95. The molecule has 33 heavy (non-hydrogen) atoms. The van der Waals surface area contributed by atoms with E-state index in [1.165, 1.54) is 40.2 Å². The molecule has 0 atom stereocenters. The van der Waals surface area contributed by atoms with E-state index in [0.717, 1.165) is 25.7 Å². The number of H-pyrrole nitrogens is 1. The lowest BCUT2D eigenvalue weighted by molar-refractivity contribution is -0.492. The van der Waals surface area contributed by atoms with Gasteiger partial charge in [0.1, 0.15) is 0 Å². The summed E-state index contributed by atoms with van der Waals surface area (Å²) in [6.07, 6.45) is 0.643. The van der Waals surface area contributed by atoms with Crippen LogP contribution in [0.4, 0.5) is 0 Å². The molecule has 1 heterocycles. The number of benzene rings is 3. The Morgan fingerprint density at radius 1 is 1.09 bits per heavy atom. The topological polar surface area (TPSA) is 91.6 Å². The first-order valence-electron chi connectivity index (χ1n) is 10.4. The van der Waals surface area contributed by atoms with Crippen LogP contribution in [0.3, 0.4) is 0 Å². The summed E-state index contributed by atoms with van der Waals surface area (Å²) in [6, 6.07) is 21.2. The van der Waals surface area contributed by atoms with Gasteiger partial charge in [-0.3, -0.25) is 4.79 Å². The van der Waals surface area contributed by atoms with Crippen LogP contribution in [-0.2, 0) is 10.5 Å². The molecule has 2 N–H and O–H groups in total. The quantitative estimate of drug-likeness (QED) is 0.210. The lowest BCUT2D eigenvalue weighted by atomic mass is 10.1. The van der Waals surface area contributed by atoms with Crippen LogP contribution in [0.5, 0.6) is 5.75 Å². The Balaban J connectivity index is 1.28. The standard InChI is InChI=1S/C24H22N4O2S3/c1-2-21(17-10-12-19(29)13-11-17)25-26-22(30)15-32-24-28-27-23(33-24)31-14-18-8-5-7-16-6-3-4-9-20(16)18/h3-13,29H,2,14-15H2,1H3,(H,26,30). The van der Waals surface area contributed by atoms with Crippen LogP contribution < -0.4 is 15.6 Å². The number of aromatic nitrogens is 2. The van der Waals surface area contributed by atoms with Crippen LogP contribution in [0.15, 0.2) is 80.5 Å². The number of carbonyl (C=O) groups is 1. The van der Waals surface area contributed by atoms with Gasteiger partial charge in [-0.15, -0.1) is 5.75 Å². The van der Waals surface area contributed by atoms with Crippen LogP contribution in [0.1, 0.15) is 24.5 Å². The Labute approximate surface area is 204 Å². The molecule has 9 heteroatoms. The van der Waals surface area contributed by atoms with Crippen molar-refractivity contribution in [3.8, 4) is 5.75 Å². The highest BCUT2D eigenvalue weighted by molar-refractivity contribution is 8.03. The third kappa shape index (κ3) is 6.34. The number of thioether (sulfide) groups is 2. The Hall–Kier alpha value is -2.88. The minimum Gasteiger partial charge on any atom is -0.872 e. The van der Waals surface area contributed by atoms with E-state index in [1.54, 1.807) is 35.2 Å². The normalized spacial score (nSPS) is 11.6. The van der Waals surface area contributed by atoms with Gasteiger partial charge in [0.2, 0.25) is 4.34 Å². The molecule has 4 aromatic rings. The van der Waals surface area contributed by atoms with E-state index in [4.69, 9.17) is 0 Å². The summed E-state index contributed by atoms with van der Waals surface area (Å²) in [5, 5.41) is 25.4. The Kier molecular flexibility index (Phi) is 7.98. The van der Waals surface area contributed by atoms with Crippen molar-refractivity contribution < 1.29 is 15.0 Å². The molecule has 0 saturated carbocycles. The number of nitrogens with one attached hydrogen (secondary N) is 2. The minimum absolute atomic E-state index is 0.0513.